The van der Waals surface area contributed by atoms with Gasteiger partial charge >= 0.3 is 0 Å². The predicted molar refractivity (Wildman–Crippen MR) is 82.7 cm³/mol. The molecule has 4 heteroatoms. The molecule has 2 aromatic carbocycles. The monoisotopic (exact) mass is 343 g/mol. The molecule has 0 unspecified atom stereocenters. The van der Waals surface area contributed by atoms with E-state index in [4.69, 9.17) is 23.2 Å². The number of anilines is 1. The van der Waals surface area contributed by atoms with Crippen LogP contribution in [0.2, 0.25) is 10.0 Å². The highest BCUT2D eigenvalue weighted by Crippen LogP contribution is 2.22. The lowest BCUT2D eigenvalue weighted by Crippen LogP contribution is -2.01. The van der Waals surface area contributed by atoms with E-state index in [1.165, 1.54) is 5.56 Å². The Morgan fingerprint density at radius 1 is 1.06 bits per heavy atom. The van der Waals surface area contributed by atoms with Gasteiger partial charge in [0.05, 0.1) is 0 Å². The molecule has 2 aromatic rings. The first-order valence-corrected chi connectivity index (χ1v) is 7.04. The molecule has 0 amide bonds. The smallest absolute Gasteiger partial charge is 0.0424 e. The second-order valence-corrected chi connectivity index (χ2v) is 5.88. The van der Waals surface area contributed by atoms with Gasteiger partial charge in [-0.15, -0.1) is 0 Å². The Morgan fingerprint density at radius 2 is 1.72 bits per heavy atom. The number of hydrogen-bond acceptors (Lipinski definition) is 1. The summed E-state index contributed by atoms with van der Waals surface area (Å²) in [6, 6.07) is 11.7. The van der Waals surface area contributed by atoms with E-state index >= 15 is 0 Å². The maximum atomic E-state index is 5.97. The van der Waals surface area contributed by atoms with E-state index in [0.717, 1.165) is 15.7 Å². The molecule has 0 aromatic heterocycles. The zero-order valence-corrected chi connectivity index (χ0v) is 12.9. The molecule has 0 aliphatic rings. The highest BCUT2D eigenvalue weighted by Gasteiger charge is 2.01. The van der Waals surface area contributed by atoms with E-state index < -0.39 is 0 Å². The fourth-order valence-electron chi connectivity index (χ4n) is 1.74. The van der Waals surface area contributed by atoms with Gasteiger partial charge in [0.15, 0.2) is 0 Å². The minimum absolute atomic E-state index is 0.659. The average molecular weight is 345 g/mol. The molecule has 0 spiro atoms. The van der Waals surface area contributed by atoms with Gasteiger partial charge in [-0.1, -0.05) is 39.1 Å². The minimum Gasteiger partial charge on any atom is -0.381 e. The Hall–Kier alpha value is -0.700. The highest BCUT2D eigenvalue weighted by molar-refractivity contribution is 9.10. The van der Waals surface area contributed by atoms with Crippen LogP contribution in [0.4, 0.5) is 5.69 Å². The first-order valence-electron chi connectivity index (χ1n) is 5.49. The van der Waals surface area contributed by atoms with Crippen LogP contribution in [0.1, 0.15) is 11.1 Å². The third-order valence-electron chi connectivity index (χ3n) is 2.59. The van der Waals surface area contributed by atoms with E-state index in [1.807, 2.05) is 24.3 Å². The maximum Gasteiger partial charge on any atom is 0.0424 e. The standard InChI is InChI=1S/C14H12BrCl2N/c1-9-4-11(15)2-3-14(9)18-8-10-5-12(16)7-13(17)6-10/h2-7,18H,8H2,1H3. The molecule has 0 bridgehead atoms. The number of halogens is 3. The van der Waals surface area contributed by atoms with Crippen LogP contribution >= 0.6 is 39.1 Å². The van der Waals surface area contributed by atoms with Crippen LogP contribution in [-0.2, 0) is 6.54 Å². The molecular weight excluding hydrogens is 333 g/mol. The third kappa shape index (κ3) is 3.64. The first-order chi connectivity index (χ1) is 8.54. The fraction of sp³-hybridized carbons (Fsp3) is 0.143. The minimum atomic E-state index is 0.659. The van der Waals surface area contributed by atoms with Crippen molar-refractivity contribution in [1.29, 1.82) is 0 Å². The van der Waals surface area contributed by atoms with Crippen LogP contribution in [0.25, 0.3) is 0 Å². The second-order valence-electron chi connectivity index (χ2n) is 4.09. The third-order valence-corrected chi connectivity index (χ3v) is 3.52. The Kier molecular flexibility index (Phi) is 4.55. The molecule has 1 nitrogen and oxygen atoms in total. The van der Waals surface area contributed by atoms with Gasteiger partial charge in [0, 0.05) is 26.8 Å². The van der Waals surface area contributed by atoms with Crippen molar-refractivity contribution < 1.29 is 0 Å². The Morgan fingerprint density at radius 3 is 2.33 bits per heavy atom. The number of nitrogens with one attached hydrogen (secondary N) is 1. The summed E-state index contributed by atoms with van der Waals surface area (Å²) in [4.78, 5) is 0. The maximum absolute atomic E-state index is 5.97. The van der Waals surface area contributed by atoms with E-state index in [2.05, 4.69) is 34.2 Å². The summed E-state index contributed by atoms with van der Waals surface area (Å²) in [5, 5.41) is 4.69. The summed E-state index contributed by atoms with van der Waals surface area (Å²) in [5.74, 6) is 0. The van der Waals surface area contributed by atoms with Crippen LogP contribution in [0, 0.1) is 6.92 Å². The Balaban J connectivity index is 2.11. The summed E-state index contributed by atoms with van der Waals surface area (Å²) >= 11 is 15.4. The highest BCUT2D eigenvalue weighted by atomic mass is 79.9. The second kappa shape index (κ2) is 5.96. The predicted octanol–water partition coefficient (Wildman–Crippen LogP) is 5.68. The number of rotatable bonds is 3. The lowest BCUT2D eigenvalue weighted by Gasteiger charge is -2.10. The lowest BCUT2D eigenvalue weighted by atomic mass is 10.2. The van der Waals surface area contributed by atoms with Crippen LogP contribution in [0.15, 0.2) is 40.9 Å². The number of hydrogen-bond donors (Lipinski definition) is 1. The summed E-state index contributed by atoms with van der Waals surface area (Å²) in [5.41, 5.74) is 3.36. The van der Waals surface area contributed by atoms with Gasteiger partial charge in [0.25, 0.3) is 0 Å². The lowest BCUT2D eigenvalue weighted by molar-refractivity contribution is 1.14. The van der Waals surface area contributed by atoms with Crippen molar-refractivity contribution in [2.75, 3.05) is 5.32 Å². The van der Waals surface area contributed by atoms with Gasteiger partial charge in [-0.25, -0.2) is 0 Å². The fourth-order valence-corrected chi connectivity index (χ4v) is 2.78. The molecule has 0 atom stereocenters. The average Bonchev–Trinajstić information content (AvgIpc) is 2.26. The van der Waals surface area contributed by atoms with E-state index in [0.29, 0.717) is 16.6 Å². The number of benzene rings is 2. The van der Waals surface area contributed by atoms with Crippen molar-refractivity contribution in [3.8, 4) is 0 Å². The first kappa shape index (κ1) is 13.7. The molecule has 1 N–H and O–H groups in total. The van der Waals surface area contributed by atoms with Crippen molar-refractivity contribution >= 4 is 44.8 Å². The number of aryl methyl sites for hydroxylation is 1. The molecule has 0 fully saturated rings. The molecule has 0 heterocycles. The molecule has 0 radical (unpaired) electrons. The molecule has 0 saturated carbocycles. The quantitative estimate of drug-likeness (QED) is 0.755. The summed E-state index contributed by atoms with van der Waals surface area (Å²) < 4.78 is 1.08. The van der Waals surface area contributed by atoms with Crippen LogP contribution in [-0.4, -0.2) is 0 Å². The van der Waals surface area contributed by atoms with Gasteiger partial charge in [0.1, 0.15) is 0 Å². The van der Waals surface area contributed by atoms with E-state index in [1.54, 1.807) is 6.07 Å². The molecule has 2 rings (SSSR count). The molecule has 0 saturated heterocycles. The summed E-state index contributed by atoms with van der Waals surface area (Å²) in [6.45, 7) is 2.76. The van der Waals surface area contributed by atoms with Crippen molar-refractivity contribution in [2.45, 2.75) is 13.5 Å². The van der Waals surface area contributed by atoms with Gasteiger partial charge in [0.2, 0.25) is 0 Å². The van der Waals surface area contributed by atoms with Gasteiger partial charge < -0.3 is 5.32 Å². The van der Waals surface area contributed by atoms with Crippen molar-refractivity contribution in [3.05, 3.63) is 62.0 Å². The molecule has 18 heavy (non-hydrogen) atoms. The van der Waals surface area contributed by atoms with Crippen LogP contribution < -0.4 is 5.32 Å². The zero-order valence-electron chi connectivity index (χ0n) is 9.81. The van der Waals surface area contributed by atoms with Crippen LogP contribution in [0.3, 0.4) is 0 Å². The van der Waals surface area contributed by atoms with Crippen molar-refractivity contribution in [2.24, 2.45) is 0 Å². The normalized spacial score (nSPS) is 10.4. The molecule has 0 aliphatic carbocycles. The van der Waals surface area contributed by atoms with Crippen molar-refractivity contribution in [1.82, 2.24) is 0 Å². The largest absolute Gasteiger partial charge is 0.381 e. The summed E-state index contributed by atoms with van der Waals surface area (Å²) in [6.07, 6.45) is 0. The van der Waals surface area contributed by atoms with Gasteiger partial charge in [-0.2, -0.15) is 0 Å². The zero-order chi connectivity index (χ0) is 13.1. The molecule has 0 aliphatic heterocycles. The van der Waals surface area contributed by atoms with E-state index in [-0.39, 0.29) is 0 Å². The Bertz CT molecular complexity index is 549. The topological polar surface area (TPSA) is 12.0 Å². The summed E-state index contributed by atoms with van der Waals surface area (Å²) in [7, 11) is 0. The van der Waals surface area contributed by atoms with Gasteiger partial charge in [-0.3, -0.25) is 0 Å². The molecular formula is C14H12BrCl2N. The van der Waals surface area contributed by atoms with E-state index in [9.17, 15) is 0 Å². The van der Waals surface area contributed by atoms with Gasteiger partial charge in [-0.05, 0) is 54.4 Å². The van der Waals surface area contributed by atoms with Crippen LogP contribution in [0.5, 0.6) is 0 Å². The molecule has 94 valence electrons. The Labute approximate surface area is 125 Å². The SMILES string of the molecule is Cc1cc(Br)ccc1NCc1cc(Cl)cc(Cl)c1. The van der Waals surface area contributed by atoms with Crippen molar-refractivity contribution in [3.63, 3.8) is 0 Å².